The maximum absolute atomic E-state index is 5.88. The number of hydrogen-bond donors (Lipinski definition) is 1. The molecule has 0 aliphatic carbocycles. The third-order valence-electron chi connectivity index (χ3n) is 2.16. The van der Waals surface area contributed by atoms with Crippen LogP contribution in [0.3, 0.4) is 0 Å². The fourth-order valence-corrected chi connectivity index (χ4v) is 1.60. The number of nitrogens with one attached hydrogen (secondary N) is 1. The molecular formula is C9H7ClN6O. The van der Waals surface area contributed by atoms with Gasteiger partial charge in [0.15, 0.2) is 0 Å². The fraction of sp³-hybridized carbons (Fsp3) is 0.111. The number of halogens is 1. The second-order valence-electron chi connectivity index (χ2n) is 3.28. The van der Waals surface area contributed by atoms with Gasteiger partial charge in [0, 0.05) is 12.1 Å². The molecule has 0 unspecified atom stereocenters. The minimum Gasteiger partial charge on any atom is -0.364 e. The Morgan fingerprint density at radius 1 is 1.47 bits per heavy atom. The average Bonchev–Trinajstić information content (AvgIpc) is 2.95. The molecule has 0 atom stereocenters. The smallest absolute Gasteiger partial charge is 0.255 e. The zero-order valence-electron chi connectivity index (χ0n) is 8.54. The molecule has 0 bridgehead atoms. The minimum absolute atomic E-state index is 0.355. The summed E-state index contributed by atoms with van der Waals surface area (Å²) >= 11 is 5.88. The van der Waals surface area contributed by atoms with E-state index in [0.29, 0.717) is 23.3 Å². The largest absolute Gasteiger partial charge is 0.364 e. The van der Waals surface area contributed by atoms with Crippen LogP contribution < -0.4 is 5.32 Å². The average molecular weight is 251 g/mol. The summed E-state index contributed by atoms with van der Waals surface area (Å²) in [5.41, 5.74) is 0.784. The fourth-order valence-electron chi connectivity index (χ4n) is 1.42. The van der Waals surface area contributed by atoms with Crippen molar-refractivity contribution in [2.45, 2.75) is 6.54 Å². The van der Waals surface area contributed by atoms with Gasteiger partial charge in [-0.05, 0) is 0 Å². The van der Waals surface area contributed by atoms with Crippen LogP contribution in [0.25, 0.3) is 5.78 Å². The van der Waals surface area contributed by atoms with Gasteiger partial charge in [0.1, 0.15) is 29.3 Å². The Morgan fingerprint density at radius 3 is 3.24 bits per heavy atom. The second kappa shape index (κ2) is 4.02. The van der Waals surface area contributed by atoms with Crippen LogP contribution in [0.2, 0.25) is 5.15 Å². The molecule has 0 radical (unpaired) electrons. The lowest BCUT2D eigenvalue weighted by atomic mass is 10.4. The zero-order chi connectivity index (χ0) is 11.7. The van der Waals surface area contributed by atoms with E-state index >= 15 is 0 Å². The number of aromatic nitrogens is 5. The van der Waals surface area contributed by atoms with Gasteiger partial charge < -0.3 is 9.84 Å². The summed E-state index contributed by atoms with van der Waals surface area (Å²) in [6.07, 6.45) is 2.93. The Hall–Kier alpha value is -2.15. The first kappa shape index (κ1) is 10.0. The van der Waals surface area contributed by atoms with E-state index in [1.807, 2.05) is 0 Å². The van der Waals surface area contributed by atoms with E-state index in [0.717, 1.165) is 5.69 Å². The number of rotatable bonds is 3. The molecule has 0 spiro atoms. The van der Waals surface area contributed by atoms with E-state index in [4.69, 9.17) is 16.1 Å². The van der Waals surface area contributed by atoms with Crippen molar-refractivity contribution < 1.29 is 4.52 Å². The van der Waals surface area contributed by atoms with Crippen LogP contribution >= 0.6 is 11.6 Å². The monoisotopic (exact) mass is 250 g/mol. The molecule has 8 heteroatoms. The summed E-state index contributed by atoms with van der Waals surface area (Å²) in [7, 11) is 0. The summed E-state index contributed by atoms with van der Waals surface area (Å²) in [6.45, 7) is 0.506. The molecule has 0 saturated heterocycles. The van der Waals surface area contributed by atoms with E-state index < -0.39 is 0 Å². The Morgan fingerprint density at radius 2 is 2.41 bits per heavy atom. The number of nitrogens with zero attached hydrogens (tertiary/aromatic N) is 5. The van der Waals surface area contributed by atoms with Crippen molar-refractivity contribution >= 4 is 23.2 Å². The Labute approximate surface area is 100 Å². The van der Waals surface area contributed by atoms with Gasteiger partial charge in [-0.15, -0.1) is 0 Å². The first-order chi connectivity index (χ1) is 8.33. The predicted molar refractivity (Wildman–Crippen MR) is 59.6 cm³/mol. The predicted octanol–water partition coefficient (Wildman–Crippen LogP) is 1.38. The first-order valence-electron chi connectivity index (χ1n) is 4.82. The number of fused-ring (bicyclic) bond motifs is 1. The highest BCUT2D eigenvalue weighted by molar-refractivity contribution is 6.29. The van der Waals surface area contributed by atoms with Crippen LogP contribution in [0.5, 0.6) is 0 Å². The Balaban J connectivity index is 1.91. The molecule has 3 aromatic heterocycles. The van der Waals surface area contributed by atoms with E-state index in [1.54, 1.807) is 16.6 Å². The molecule has 0 aromatic carbocycles. The standard InChI is InChI=1S/C9H7ClN6O/c10-7-3-8(11-4-6-1-2-17-15-6)16-9(14-7)12-5-13-16/h1-3,5,11H,4H2. The van der Waals surface area contributed by atoms with Crippen LogP contribution in [0.15, 0.2) is 29.2 Å². The molecule has 3 rings (SSSR count). The van der Waals surface area contributed by atoms with Crippen molar-refractivity contribution in [2.24, 2.45) is 0 Å². The van der Waals surface area contributed by atoms with Gasteiger partial charge in [-0.3, -0.25) is 0 Å². The van der Waals surface area contributed by atoms with Gasteiger partial charge in [-0.1, -0.05) is 16.8 Å². The van der Waals surface area contributed by atoms with Crippen molar-refractivity contribution in [2.75, 3.05) is 5.32 Å². The first-order valence-corrected chi connectivity index (χ1v) is 5.20. The molecule has 0 aliphatic rings. The topological polar surface area (TPSA) is 81.1 Å². The molecule has 0 saturated carbocycles. The van der Waals surface area contributed by atoms with Crippen molar-refractivity contribution in [3.63, 3.8) is 0 Å². The maximum Gasteiger partial charge on any atom is 0.255 e. The Bertz CT molecular complexity index is 634. The van der Waals surface area contributed by atoms with Crippen LogP contribution in [-0.4, -0.2) is 24.7 Å². The normalized spacial score (nSPS) is 10.9. The number of anilines is 1. The zero-order valence-corrected chi connectivity index (χ0v) is 9.29. The molecule has 0 fully saturated rings. The van der Waals surface area contributed by atoms with E-state index in [2.05, 4.69) is 25.5 Å². The molecule has 0 aliphatic heterocycles. The minimum atomic E-state index is 0.355. The molecule has 0 amide bonds. The molecule has 86 valence electrons. The van der Waals surface area contributed by atoms with Crippen LogP contribution in [0.4, 0.5) is 5.82 Å². The summed E-state index contributed by atoms with van der Waals surface area (Å²) in [5.74, 6) is 1.14. The lowest BCUT2D eigenvalue weighted by molar-refractivity contribution is 0.412. The van der Waals surface area contributed by atoms with Crippen molar-refractivity contribution in [1.82, 2.24) is 24.7 Å². The van der Waals surface area contributed by atoms with Gasteiger partial charge >= 0.3 is 0 Å². The van der Waals surface area contributed by atoms with Gasteiger partial charge in [-0.25, -0.2) is 0 Å². The second-order valence-corrected chi connectivity index (χ2v) is 3.67. The van der Waals surface area contributed by atoms with Crippen molar-refractivity contribution in [3.8, 4) is 0 Å². The highest BCUT2D eigenvalue weighted by Crippen LogP contribution is 2.14. The lowest BCUT2D eigenvalue weighted by Crippen LogP contribution is -2.06. The molecular weight excluding hydrogens is 244 g/mol. The summed E-state index contributed by atoms with van der Waals surface area (Å²) < 4.78 is 6.30. The van der Waals surface area contributed by atoms with Crippen LogP contribution in [0.1, 0.15) is 5.69 Å². The summed E-state index contributed by atoms with van der Waals surface area (Å²) in [6, 6.07) is 3.44. The molecule has 3 heterocycles. The van der Waals surface area contributed by atoms with Crippen molar-refractivity contribution in [1.29, 1.82) is 0 Å². The summed E-state index contributed by atoms with van der Waals surface area (Å²) in [4.78, 5) is 7.99. The maximum atomic E-state index is 5.88. The molecule has 17 heavy (non-hydrogen) atoms. The van der Waals surface area contributed by atoms with Gasteiger partial charge in [-0.2, -0.15) is 19.6 Å². The molecule has 1 N–H and O–H groups in total. The quantitative estimate of drug-likeness (QED) is 0.707. The van der Waals surface area contributed by atoms with Crippen LogP contribution in [0, 0.1) is 0 Å². The van der Waals surface area contributed by atoms with Crippen molar-refractivity contribution in [3.05, 3.63) is 35.6 Å². The van der Waals surface area contributed by atoms with Gasteiger partial charge in [0.25, 0.3) is 5.78 Å². The van der Waals surface area contributed by atoms with Gasteiger partial charge in [0.2, 0.25) is 0 Å². The summed E-state index contributed by atoms with van der Waals surface area (Å²) in [5, 5.41) is 11.3. The lowest BCUT2D eigenvalue weighted by Gasteiger charge is -2.05. The highest BCUT2D eigenvalue weighted by atomic mass is 35.5. The molecule has 7 nitrogen and oxygen atoms in total. The molecule has 3 aromatic rings. The van der Waals surface area contributed by atoms with Gasteiger partial charge in [0.05, 0.1) is 6.54 Å². The highest BCUT2D eigenvalue weighted by Gasteiger charge is 2.06. The van der Waals surface area contributed by atoms with Crippen LogP contribution in [-0.2, 0) is 6.54 Å². The van der Waals surface area contributed by atoms with E-state index in [-0.39, 0.29) is 0 Å². The third-order valence-corrected chi connectivity index (χ3v) is 2.36. The third kappa shape index (κ3) is 1.92. The number of hydrogen-bond acceptors (Lipinski definition) is 6. The SMILES string of the molecule is Clc1cc(NCc2ccon2)n2ncnc2n1. The van der Waals surface area contributed by atoms with E-state index in [1.165, 1.54) is 12.6 Å². The van der Waals surface area contributed by atoms with E-state index in [9.17, 15) is 0 Å². The Kier molecular flexibility index (Phi) is 2.37.